The molecule has 0 radical (unpaired) electrons. The Bertz CT molecular complexity index is 1120. The predicted octanol–water partition coefficient (Wildman–Crippen LogP) is 3.43. The Balaban J connectivity index is 1.35. The summed E-state index contributed by atoms with van der Waals surface area (Å²) in [6.07, 6.45) is 4.33. The average molecular weight is 456 g/mol. The molecule has 0 bridgehead atoms. The molecule has 5 rings (SSSR count). The lowest BCUT2D eigenvalue weighted by molar-refractivity contribution is -0.118. The van der Waals surface area contributed by atoms with E-state index in [1.165, 1.54) is 0 Å². The zero-order valence-corrected chi connectivity index (χ0v) is 19.1. The van der Waals surface area contributed by atoms with Crippen LogP contribution in [0.5, 0.6) is 5.75 Å². The fourth-order valence-corrected chi connectivity index (χ4v) is 6.85. The predicted molar refractivity (Wildman–Crippen MR) is 124 cm³/mol. The Kier molecular flexibility index (Phi) is 5.59. The van der Waals surface area contributed by atoms with Gasteiger partial charge in [-0.25, -0.2) is 8.42 Å². The highest BCUT2D eigenvalue weighted by Crippen LogP contribution is 2.45. The summed E-state index contributed by atoms with van der Waals surface area (Å²) in [6, 6.07) is 12.9. The molecule has 1 aliphatic carbocycles. The maximum Gasteiger partial charge on any atom is 0.243 e. The van der Waals surface area contributed by atoms with Crippen molar-refractivity contribution in [3.05, 3.63) is 48.0 Å². The number of ether oxygens (including phenoxy) is 1. The minimum Gasteiger partial charge on any atom is -0.495 e. The molecule has 1 saturated carbocycles. The van der Waals surface area contributed by atoms with Gasteiger partial charge in [-0.15, -0.1) is 0 Å². The smallest absolute Gasteiger partial charge is 0.243 e. The van der Waals surface area contributed by atoms with Crippen LogP contribution in [0.2, 0.25) is 0 Å². The number of rotatable bonds is 5. The summed E-state index contributed by atoms with van der Waals surface area (Å²) >= 11 is 0. The van der Waals surface area contributed by atoms with Gasteiger partial charge < -0.3 is 15.0 Å². The first-order valence-corrected chi connectivity index (χ1v) is 12.8. The Morgan fingerprint density at radius 1 is 1.00 bits per heavy atom. The molecule has 1 N–H and O–H groups in total. The standard InChI is InChI=1S/C24H29N3O4S/c1-31-22-9-5-4-8-21(22)26-12-14-27(15-13-26)32(29,30)18-10-11-20-19(16-18)23(24(28)25-20)17-6-2-3-7-17/h4-5,8-11,16-17,23H,2-3,6-7,12-15H2,1H3,(H,25,28)/t23-/m0/s1. The number of hydrogen-bond acceptors (Lipinski definition) is 5. The first-order valence-electron chi connectivity index (χ1n) is 11.3. The van der Waals surface area contributed by atoms with E-state index in [-0.39, 0.29) is 16.7 Å². The molecule has 2 heterocycles. The molecular formula is C24H29N3O4S. The number of fused-ring (bicyclic) bond motifs is 1. The second kappa shape index (κ2) is 8.41. The molecule has 1 atom stereocenters. The molecule has 2 fully saturated rings. The molecule has 8 heteroatoms. The molecule has 0 spiro atoms. The number of methoxy groups -OCH3 is 1. The molecule has 32 heavy (non-hydrogen) atoms. The van der Waals surface area contributed by atoms with Crippen LogP contribution < -0.4 is 15.0 Å². The number of sulfonamides is 1. The number of amides is 1. The lowest BCUT2D eigenvalue weighted by Gasteiger charge is -2.36. The SMILES string of the molecule is COc1ccccc1N1CCN(S(=O)(=O)c2ccc3c(c2)[C@H](C2CCCC2)C(=O)N3)CC1. The van der Waals surface area contributed by atoms with E-state index in [0.29, 0.717) is 32.1 Å². The molecule has 0 unspecified atom stereocenters. The second-order valence-electron chi connectivity index (χ2n) is 8.82. The van der Waals surface area contributed by atoms with Gasteiger partial charge in [0.25, 0.3) is 0 Å². The number of benzene rings is 2. The molecule has 2 aromatic rings. The Hall–Kier alpha value is -2.58. The summed E-state index contributed by atoms with van der Waals surface area (Å²) in [5.74, 6) is 0.869. The number of anilines is 2. The van der Waals surface area contributed by atoms with E-state index in [1.807, 2.05) is 24.3 Å². The van der Waals surface area contributed by atoms with E-state index in [0.717, 1.165) is 48.4 Å². The normalized spacial score (nSPS) is 22.1. The summed E-state index contributed by atoms with van der Waals surface area (Å²) in [5, 5.41) is 2.95. The van der Waals surface area contributed by atoms with E-state index in [9.17, 15) is 13.2 Å². The van der Waals surface area contributed by atoms with Crippen LogP contribution in [-0.2, 0) is 14.8 Å². The van der Waals surface area contributed by atoms with Crippen molar-refractivity contribution in [2.24, 2.45) is 5.92 Å². The highest BCUT2D eigenvalue weighted by Gasteiger charge is 2.39. The van der Waals surface area contributed by atoms with Gasteiger partial charge in [0.2, 0.25) is 15.9 Å². The number of piperazine rings is 1. The number of para-hydroxylation sites is 2. The summed E-state index contributed by atoms with van der Waals surface area (Å²) in [5.41, 5.74) is 2.58. The largest absolute Gasteiger partial charge is 0.495 e. The molecule has 3 aliphatic rings. The third kappa shape index (κ3) is 3.65. The molecule has 170 valence electrons. The maximum atomic E-state index is 13.4. The average Bonchev–Trinajstić information content (AvgIpc) is 3.45. The number of carbonyl (C=O) groups is 1. The highest BCUT2D eigenvalue weighted by atomic mass is 32.2. The van der Waals surface area contributed by atoms with Crippen molar-refractivity contribution < 1.29 is 17.9 Å². The lowest BCUT2D eigenvalue weighted by atomic mass is 9.86. The van der Waals surface area contributed by atoms with Gasteiger partial charge in [0.1, 0.15) is 5.75 Å². The van der Waals surface area contributed by atoms with Crippen molar-refractivity contribution in [1.82, 2.24) is 4.31 Å². The summed E-state index contributed by atoms with van der Waals surface area (Å²) in [7, 11) is -1.99. The summed E-state index contributed by atoms with van der Waals surface area (Å²) < 4.78 is 33.9. The van der Waals surface area contributed by atoms with E-state index in [1.54, 1.807) is 29.6 Å². The van der Waals surface area contributed by atoms with Crippen molar-refractivity contribution in [3.8, 4) is 5.75 Å². The van der Waals surface area contributed by atoms with E-state index in [2.05, 4.69) is 10.2 Å². The zero-order valence-electron chi connectivity index (χ0n) is 18.3. The fraction of sp³-hybridized carbons (Fsp3) is 0.458. The Morgan fingerprint density at radius 3 is 2.44 bits per heavy atom. The first-order chi connectivity index (χ1) is 15.5. The molecule has 7 nitrogen and oxygen atoms in total. The van der Waals surface area contributed by atoms with Crippen molar-refractivity contribution in [3.63, 3.8) is 0 Å². The molecule has 1 amide bonds. The third-order valence-electron chi connectivity index (χ3n) is 7.07. The van der Waals surface area contributed by atoms with Crippen molar-refractivity contribution in [2.45, 2.75) is 36.5 Å². The van der Waals surface area contributed by atoms with Gasteiger partial charge in [0.05, 0.1) is 23.6 Å². The van der Waals surface area contributed by atoms with Gasteiger partial charge in [0.15, 0.2) is 0 Å². The van der Waals surface area contributed by atoms with Crippen molar-refractivity contribution in [2.75, 3.05) is 43.5 Å². The molecule has 0 aromatic heterocycles. The van der Waals surface area contributed by atoms with Crippen LogP contribution in [0.3, 0.4) is 0 Å². The van der Waals surface area contributed by atoms with Gasteiger partial charge in [-0.1, -0.05) is 25.0 Å². The van der Waals surface area contributed by atoms with E-state index >= 15 is 0 Å². The number of nitrogens with one attached hydrogen (secondary N) is 1. The van der Waals surface area contributed by atoms with Gasteiger partial charge in [-0.3, -0.25) is 4.79 Å². The van der Waals surface area contributed by atoms with Crippen LogP contribution in [0.1, 0.15) is 37.2 Å². The number of nitrogens with zero attached hydrogens (tertiary/aromatic N) is 2. The second-order valence-corrected chi connectivity index (χ2v) is 10.8. The van der Waals surface area contributed by atoms with Gasteiger partial charge in [0, 0.05) is 31.9 Å². The van der Waals surface area contributed by atoms with Crippen LogP contribution in [0.4, 0.5) is 11.4 Å². The first kappa shape index (κ1) is 21.3. The minimum absolute atomic E-state index is 0.00636. The number of hydrogen-bond donors (Lipinski definition) is 1. The third-order valence-corrected chi connectivity index (χ3v) is 8.97. The van der Waals surface area contributed by atoms with Crippen LogP contribution in [0.15, 0.2) is 47.4 Å². The zero-order chi connectivity index (χ0) is 22.3. The van der Waals surface area contributed by atoms with Gasteiger partial charge in [-0.05, 0) is 54.7 Å². The Labute approximate surface area is 189 Å². The molecule has 1 saturated heterocycles. The van der Waals surface area contributed by atoms with Crippen LogP contribution in [0, 0.1) is 5.92 Å². The number of carbonyl (C=O) groups excluding carboxylic acids is 1. The maximum absolute atomic E-state index is 13.4. The molecule has 2 aromatic carbocycles. The van der Waals surface area contributed by atoms with E-state index < -0.39 is 10.0 Å². The van der Waals surface area contributed by atoms with Crippen LogP contribution in [-0.4, -0.2) is 51.9 Å². The van der Waals surface area contributed by atoms with Crippen LogP contribution >= 0.6 is 0 Å². The summed E-state index contributed by atoms with van der Waals surface area (Å²) in [6.45, 7) is 1.99. The van der Waals surface area contributed by atoms with Gasteiger partial charge in [-0.2, -0.15) is 4.31 Å². The Morgan fingerprint density at radius 2 is 1.72 bits per heavy atom. The summed E-state index contributed by atoms with van der Waals surface area (Å²) in [4.78, 5) is 15.1. The van der Waals surface area contributed by atoms with E-state index in [4.69, 9.17) is 4.74 Å². The molecular weight excluding hydrogens is 426 g/mol. The fourth-order valence-electron chi connectivity index (χ4n) is 5.39. The molecule has 2 aliphatic heterocycles. The monoisotopic (exact) mass is 455 g/mol. The topological polar surface area (TPSA) is 79.0 Å². The van der Waals surface area contributed by atoms with Gasteiger partial charge >= 0.3 is 0 Å². The van der Waals surface area contributed by atoms with Crippen molar-refractivity contribution in [1.29, 1.82) is 0 Å². The highest BCUT2D eigenvalue weighted by molar-refractivity contribution is 7.89. The van der Waals surface area contributed by atoms with Crippen molar-refractivity contribution >= 4 is 27.3 Å². The lowest BCUT2D eigenvalue weighted by Crippen LogP contribution is -2.48. The van der Waals surface area contributed by atoms with Crippen LogP contribution in [0.25, 0.3) is 0 Å². The minimum atomic E-state index is -3.63. The quantitative estimate of drug-likeness (QED) is 0.747.